The van der Waals surface area contributed by atoms with E-state index in [1.165, 1.54) is 30.4 Å². The lowest BCUT2D eigenvalue weighted by atomic mass is 9.90. The van der Waals surface area contributed by atoms with Crippen LogP contribution in [0.3, 0.4) is 0 Å². The molecule has 1 aromatic rings. The summed E-state index contributed by atoms with van der Waals surface area (Å²) in [5.74, 6) is 0. The normalized spacial score (nSPS) is 18.0. The first-order valence-electron chi connectivity index (χ1n) is 4.90. The molecule has 0 saturated carbocycles. The highest BCUT2D eigenvalue weighted by Crippen LogP contribution is 2.28. The van der Waals surface area contributed by atoms with E-state index in [4.69, 9.17) is 11.6 Å². The van der Waals surface area contributed by atoms with Crippen LogP contribution in [0, 0.1) is 0 Å². The van der Waals surface area contributed by atoms with Crippen molar-refractivity contribution in [2.24, 2.45) is 0 Å². The molecule has 0 bridgehead atoms. The van der Waals surface area contributed by atoms with Crippen LogP contribution in [0.5, 0.6) is 0 Å². The minimum atomic E-state index is 0.0491. The van der Waals surface area contributed by atoms with Gasteiger partial charge in [-0.05, 0) is 49.8 Å². The Kier molecular flexibility index (Phi) is 2.54. The number of pyridine rings is 1. The average molecular weight is 196 g/mol. The van der Waals surface area contributed by atoms with Crippen molar-refractivity contribution >= 4 is 11.6 Å². The maximum absolute atomic E-state index is 6.08. The first kappa shape index (κ1) is 9.01. The van der Waals surface area contributed by atoms with E-state index in [0.29, 0.717) is 0 Å². The maximum Gasteiger partial charge on any atom is 0.0732 e. The minimum Gasteiger partial charge on any atom is -0.259 e. The lowest BCUT2D eigenvalue weighted by Crippen LogP contribution is -2.08. The number of hydrogen-bond acceptors (Lipinski definition) is 1. The van der Waals surface area contributed by atoms with E-state index in [0.717, 1.165) is 12.1 Å². The molecule has 1 aliphatic carbocycles. The van der Waals surface area contributed by atoms with E-state index in [1.807, 2.05) is 13.1 Å². The van der Waals surface area contributed by atoms with Crippen LogP contribution in [0.1, 0.15) is 42.0 Å². The molecule has 1 nitrogen and oxygen atoms in total. The molecule has 0 saturated heterocycles. The third-order valence-corrected chi connectivity index (χ3v) is 2.89. The molecule has 70 valence electrons. The number of alkyl halides is 1. The number of rotatable bonds is 1. The molecule has 0 aromatic carbocycles. The van der Waals surface area contributed by atoms with Gasteiger partial charge in [0.2, 0.25) is 0 Å². The van der Waals surface area contributed by atoms with Crippen molar-refractivity contribution < 1.29 is 0 Å². The summed E-state index contributed by atoms with van der Waals surface area (Å²) in [6.45, 7) is 2.00. The smallest absolute Gasteiger partial charge is 0.0732 e. The van der Waals surface area contributed by atoms with Gasteiger partial charge >= 0.3 is 0 Å². The van der Waals surface area contributed by atoms with Crippen molar-refractivity contribution in [3.8, 4) is 0 Å². The zero-order chi connectivity index (χ0) is 9.26. The maximum atomic E-state index is 6.08. The van der Waals surface area contributed by atoms with Gasteiger partial charge in [-0.15, -0.1) is 11.6 Å². The first-order valence-corrected chi connectivity index (χ1v) is 5.33. The highest BCUT2D eigenvalue weighted by molar-refractivity contribution is 6.20. The lowest BCUT2D eigenvalue weighted by Gasteiger charge is -2.19. The van der Waals surface area contributed by atoms with Crippen molar-refractivity contribution in [1.82, 2.24) is 4.98 Å². The quantitative estimate of drug-likeness (QED) is 0.627. The summed E-state index contributed by atoms with van der Waals surface area (Å²) in [7, 11) is 0. The highest BCUT2D eigenvalue weighted by Gasteiger charge is 2.16. The van der Waals surface area contributed by atoms with Crippen LogP contribution in [0.2, 0.25) is 0 Å². The van der Waals surface area contributed by atoms with E-state index in [2.05, 4.69) is 11.1 Å². The van der Waals surface area contributed by atoms with E-state index < -0.39 is 0 Å². The Balaban J connectivity index is 2.46. The first-order chi connectivity index (χ1) is 6.29. The molecule has 1 heterocycles. The predicted octanol–water partition coefficient (Wildman–Crippen LogP) is 3.26. The summed E-state index contributed by atoms with van der Waals surface area (Å²) in [5.41, 5.74) is 3.97. The molecule has 0 N–H and O–H groups in total. The van der Waals surface area contributed by atoms with Crippen LogP contribution in [0.4, 0.5) is 0 Å². The summed E-state index contributed by atoms with van der Waals surface area (Å²) in [6.07, 6.45) is 6.85. The summed E-state index contributed by atoms with van der Waals surface area (Å²) >= 11 is 6.08. The Hall–Kier alpha value is -0.560. The molecule has 1 aliphatic rings. The summed E-state index contributed by atoms with van der Waals surface area (Å²) in [6, 6.07) is 2.14. The van der Waals surface area contributed by atoms with Crippen molar-refractivity contribution in [1.29, 1.82) is 0 Å². The second-order valence-electron chi connectivity index (χ2n) is 3.66. The monoisotopic (exact) mass is 195 g/mol. The Bertz CT molecular complexity index is 307. The van der Waals surface area contributed by atoms with Gasteiger partial charge in [0.15, 0.2) is 0 Å². The van der Waals surface area contributed by atoms with Crippen LogP contribution in [0.25, 0.3) is 0 Å². The molecule has 0 radical (unpaired) electrons. The number of halogens is 1. The zero-order valence-corrected chi connectivity index (χ0v) is 8.64. The molecular weight excluding hydrogens is 182 g/mol. The highest BCUT2D eigenvalue weighted by atomic mass is 35.5. The number of hydrogen-bond donors (Lipinski definition) is 0. The molecule has 1 atom stereocenters. The van der Waals surface area contributed by atoms with Crippen LogP contribution < -0.4 is 0 Å². The largest absolute Gasteiger partial charge is 0.259 e. The molecule has 2 heteroatoms. The molecule has 1 aromatic heterocycles. The second-order valence-corrected chi connectivity index (χ2v) is 4.31. The fraction of sp³-hybridized carbons (Fsp3) is 0.545. The number of nitrogens with zero attached hydrogens (tertiary/aromatic N) is 1. The van der Waals surface area contributed by atoms with Crippen molar-refractivity contribution in [3.63, 3.8) is 0 Å². The van der Waals surface area contributed by atoms with E-state index in [-0.39, 0.29) is 5.38 Å². The van der Waals surface area contributed by atoms with Crippen molar-refractivity contribution in [2.75, 3.05) is 0 Å². The number of aryl methyl sites for hydroxylation is 1. The van der Waals surface area contributed by atoms with Gasteiger partial charge in [0, 0.05) is 6.20 Å². The second kappa shape index (κ2) is 3.67. The van der Waals surface area contributed by atoms with E-state index in [9.17, 15) is 0 Å². The van der Waals surface area contributed by atoms with Gasteiger partial charge in [0.1, 0.15) is 0 Å². The van der Waals surface area contributed by atoms with Crippen molar-refractivity contribution in [3.05, 3.63) is 29.1 Å². The number of fused-ring (bicyclic) bond motifs is 1. The fourth-order valence-corrected chi connectivity index (χ4v) is 2.22. The van der Waals surface area contributed by atoms with Gasteiger partial charge in [-0.3, -0.25) is 4.98 Å². The topological polar surface area (TPSA) is 12.9 Å². The zero-order valence-electron chi connectivity index (χ0n) is 7.89. The van der Waals surface area contributed by atoms with Gasteiger partial charge in [-0.2, -0.15) is 0 Å². The van der Waals surface area contributed by atoms with Gasteiger partial charge in [0.05, 0.1) is 11.1 Å². The van der Waals surface area contributed by atoms with Gasteiger partial charge in [0.25, 0.3) is 0 Å². The summed E-state index contributed by atoms with van der Waals surface area (Å²) in [4.78, 5) is 4.36. The molecule has 0 fully saturated rings. The van der Waals surface area contributed by atoms with E-state index in [1.54, 1.807) is 0 Å². The third-order valence-electron chi connectivity index (χ3n) is 2.69. The lowest BCUT2D eigenvalue weighted by molar-refractivity contribution is 0.671. The molecular formula is C11H14ClN. The molecule has 0 spiro atoms. The fourth-order valence-electron chi connectivity index (χ4n) is 2.03. The molecule has 0 amide bonds. The average Bonchev–Trinajstić information content (AvgIpc) is 2.17. The van der Waals surface area contributed by atoms with Gasteiger partial charge in [-0.1, -0.05) is 0 Å². The van der Waals surface area contributed by atoms with E-state index >= 15 is 0 Å². The Morgan fingerprint density at radius 3 is 2.92 bits per heavy atom. The van der Waals surface area contributed by atoms with Crippen LogP contribution >= 0.6 is 11.6 Å². The summed E-state index contributed by atoms with van der Waals surface area (Å²) in [5, 5.41) is 0.0491. The minimum absolute atomic E-state index is 0.0491. The molecule has 0 aliphatic heterocycles. The standard InChI is InChI=1S/C11H14ClN/c1-8(12)11-10-5-3-2-4-9(10)6-7-13-11/h6-8H,2-5H2,1H3. The van der Waals surface area contributed by atoms with Gasteiger partial charge in [-0.25, -0.2) is 0 Å². The van der Waals surface area contributed by atoms with Crippen molar-refractivity contribution in [2.45, 2.75) is 38.0 Å². The Labute approximate surface area is 84.1 Å². The predicted molar refractivity (Wildman–Crippen MR) is 55.1 cm³/mol. The molecule has 2 rings (SSSR count). The Morgan fingerprint density at radius 2 is 2.15 bits per heavy atom. The molecule has 13 heavy (non-hydrogen) atoms. The SMILES string of the molecule is CC(Cl)c1nccc2c1CCCC2. The third kappa shape index (κ3) is 1.71. The molecule has 1 unspecified atom stereocenters. The van der Waals surface area contributed by atoms with Gasteiger partial charge < -0.3 is 0 Å². The van der Waals surface area contributed by atoms with Crippen LogP contribution in [-0.2, 0) is 12.8 Å². The summed E-state index contributed by atoms with van der Waals surface area (Å²) < 4.78 is 0. The van der Waals surface area contributed by atoms with Crippen LogP contribution in [-0.4, -0.2) is 4.98 Å². The van der Waals surface area contributed by atoms with Crippen LogP contribution in [0.15, 0.2) is 12.3 Å². The Morgan fingerprint density at radius 1 is 1.38 bits per heavy atom. The number of aromatic nitrogens is 1.